The van der Waals surface area contributed by atoms with Gasteiger partial charge in [-0.2, -0.15) is 5.26 Å². The van der Waals surface area contributed by atoms with E-state index in [0.717, 1.165) is 6.07 Å². The summed E-state index contributed by atoms with van der Waals surface area (Å²) in [6, 6.07) is 9.75. The van der Waals surface area contributed by atoms with Crippen molar-refractivity contribution in [3.63, 3.8) is 0 Å². The summed E-state index contributed by atoms with van der Waals surface area (Å²) in [5, 5.41) is 16.9. The molecule has 0 unspecified atom stereocenters. The van der Waals surface area contributed by atoms with Crippen LogP contribution >= 0.6 is 23.2 Å². The first kappa shape index (κ1) is 31.0. The summed E-state index contributed by atoms with van der Waals surface area (Å²) in [6.07, 6.45) is -0.515. The fourth-order valence-electron chi connectivity index (χ4n) is 6.03. The lowest BCUT2D eigenvalue weighted by Crippen LogP contribution is -2.47. The summed E-state index contributed by atoms with van der Waals surface area (Å²) in [7, 11) is 0. The maximum Gasteiger partial charge on any atom is 0.408 e. The van der Waals surface area contributed by atoms with Gasteiger partial charge in [-0.25, -0.2) is 13.6 Å². The van der Waals surface area contributed by atoms with Gasteiger partial charge in [0.05, 0.1) is 17.0 Å². The van der Waals surface area contributed by atoms with E-state index in [1.54, 1.807) is 4.90 Å². The Morgan fingerprint density at radius 1 is 1.20 bits per heavy atom. The van der Waals surface area contributed by atoms with Crippen molar-refractivity contribution in [3.05, 3.63) is 69.2 Å². The third-order valence-electron chi connectivity index (χ3n) is 7.90. The zero-order chi connectivity index (χ0) is 30.1. The van der Waals surface area contributed by atoms with Crippen molar-refractivity contribution in [1.82, 2.24) is 15.5 Å². The van der Waals surface area contributed by atoms with Crippen LogP contribution in [0.5, 0.6) is 0 Å². The molecular weight excluding hydrogens is 573 g/mol. The molecule has 2 aliphatic heterocycles. The van der Waals surface area contributed by atoms with E-state index in [-0.39, 0.29) is 38.5 Å². The van der Waals surface area contributed by atoms with Crippen LogP contribution in [0.25, 0.3) is 0 Å². The number of amides is 2. The lowest BCUT2D eigenvalue weighted by molar-refractivity contribution is -0.129. The van der Waals surface area contributed by atoms with Gasteiger partial charge in [0.15, 0.2) is 6.23 Å². The highest BCUT2D eigenvalue weighted by atomic mass is 35.5. The molecule has 4 atom stereocenters. The van der Waals surface area contributed by atoms with Gasteiger partial charge in [-0.05, 0) is 48.4 Å². The molecule has 2 fully saturated rings. The number of hydrogen-bond donors (Lipinski definition) is 2. The number of alkyl carbamates (subject to hydrolysis) is 1. The van der Waals surface area contributed by atoms with Gasteiger partial charge in [0.2, 0.25) is 5.91 Å². The van der Waals surface area contributed by atoms with E-state index in [0.29, 0.717) is 32.4 Å². The lowest BCUT2D eigenvalue weighted by atomic mass is 9.63. The summed E-state index contributed by atoms with van der Waals surface area (Å²) in [5.41, 5.74) is -2.02. The molecule has 220 valence electrons. The second kappa shape index (κ2) is 12.1. The quantitative estimate of drug-likeness (QED) is 0.417. The van der Waals surface area contributed by atoms with Crippen LogP contribution in [0.15, 0.2) is 36.4 Å². The Balaban J connectivity index is 1.77. The van der Waals surface area contributed by atoms with Gasteiger partial charge in [-0.3, -0.25) is 10.1 Å². The van der Waals surface area contributed by atoms with Crippen LogP contribution in [0.4, 0.5) is 13.6 Å². The second-order valence-corrected chi connectivity index (χ2v) is 12.8. The van der Waals surface area contributed by atoms with Crippen LogP contribution in [-0.2, 0) is 14.9 Å². The molecule has 2 saturated heterocycles. The average molecular weight is 608 g/mol. The molecule has 0 saturated carbocycles. The van der Waals surface area contributed by atoms with Gasteiger partial charge in [0, 0.05) is 42.7 Å². The summed E-state index contributed by atoms with van der Waals surface area (Å²) in [4.78, 5) is 26.6. The first-order chi connectivity index (χ1) is 19.3. The van der Waals surface area contributed by atoms with Crippen LogP contribution in [0, 0.1) is 28.4 Å². The molecule has 4 rings (SSSR count). The van der Waals surface area contributed by atoms with E-state index in [1.807, 2.05) is 20.8 Å². The number of nitrogens with one attached hydrogen (secondary N) is 2. The average Bonchev–Trinajstić information content (AvgIpc) is 3.17. The number of halogens is 4. The van der Waals surface area contributed by atoms with Gasteiger partial charge >= 0.3 is 6.09 Å². The number of nitriles is 1. The molecule has 2 heterocycles. The number of rotatable bonds is 5. The van der Waals surface area contributed by atoms with Crippen LogP contribution < -0.4 is 10.6 Å². The van der Waals surface area contributed by atoms with Crippen molar-refractivity contribution in [3.8, 4) is 6.07 Å². The highest BCUT2D eigenvalue weighted by molar-refractivity contribution is 6.31. The topological polar surface area (TPSA) is 94.5 Å². The highest BCUT2D eigenvalue weighted by Crippen LogP contribution is 2.53. The Labute approximate surface area is 249 Å². The standard InChI is InChI=1S/C30H34Cl2F2N4O3/c1-17(39)38-12-10-19(11-13-38)36-28(40)41-27-25(20-6-5-7-22(32)26(20)34)30(16-35,24(37-27)15-29(2,3)4)21-9-8-18(31)14-23(21)33/h5-9,14,19,24-25,27,37H,10-13,15H2,1-4H3,(H,36,40)/t24-,25-,27+,30-/m0/s1. The van der Waals surface area contributed by atoms with E-state index >= 15 is 8.78 Å². The lowest BCUT2D eigenvalue weighted by Gasteiger charge is -2.37. The van der Waals surface area contributed by atoms with E-state index < -0.39 is 41.3 Å². The van der Waals surface area contributed by atoms with E-state index in [4.69, 9.17) is 27.9 Å². The van der Waals surface area contributed by atoms with Crippen molar-refractivity contribution in [2.24, 2.45) is 5.41 Å². The zero-order valence-electron chi connectivity index (χ0n) is 23.4. The molecule has 2 aromatic rings. The maximum absolute atomic E-state index is 15.7. The largest absolute Gasteiger partial charge is 0.430 e. The SMILES string of the molecule is CC(=O)N1CCC(NC(=O)O[C@H]2N[C@@H](CC(C)(C)C)[C@](C#N)(c3ccc(Cl)cc3F)[C@H]2c2cccc(Cl)c2F)CC1. The summed E-state index contributed by atoms with van der Waals surface area (Å²) < 4.78 is 37.2. The Morgan fingerprint density at radius 3 is 2.46 bits per heavy atom. The van der Waals surface area contributed by atoms with Crippen molar-refractivity contribution >= 4 is 35.2 Å². The Morgan fingerprint density at radius 2 is 1.88 bits per heavy atom. The first-order valence-electron chi connectivity index (χ1n) is 13.6. The maximum atomic E-state index is 15.7. The normalized spacial score (nSPS) is 25.0. The molecular formula is C30H34Cl2F2N4O3. The van der Waals surface area contributed by atoms with Crippen molar-refractivity contribution in [2.75, 3.05) is 13.1 Å². The van der Waals surface area contributed by atoms with Crippen molar-refractivity contribution < 1.29 is 23.1 Å². The van der Waals surface area contributed by atoms with Crippen LogP contribution in [0.3, 0.4) is 0 Å². The Hall–Kier alpha value is -2.93. The minimum Gasteiger partial charge on any atom is -0.430 e. The number of likely N-dealkylation sites (tertiary alicyclic amines) is 1. The molecule has 0 radical (unpaired) electrons. The monoisotopic (exact) mass is 606 g/mol. The summed E-state index contributed by atoms with van der Waals surface area (Å²) in [6.45, 7) is 8.41. The van der Waals surface area contributed by atoms with Gasteiger partial charge < -0.3 is 15.0 Å². The van der Waals surface area contributed by atoms with Crippen LogP contribution in [0.2, 0.25) is 10.0 Å². The molecule has 0 bridgehead atoms. The summed E-state index contributed by atoms with van der Waals surface area (Å²) >= 11 is 12.2. The van der Waals surface area contributed by atoms with Crippen molar-refractivity contribution in [1.29, 1.82) is 5.26 Å². The van der Waals surface area contributed by atoms with Crippen LogP contribution in [-0.4, -0.2) is 48.3 Å². The molecule has 41 heavy (non-hydrogen) atoms. The van der Waals surface area contributed by atoms with Gasteiger partial charge in [-0.1, -0.05) is 62.2 Å². The van der Waals surface area contributed by atoms with Crippen LogP contribution in [0.1, 0.15) is 64.0 Å². The number of carbonyl (C=O) groups is 2. The molecule has 7 nitrogen and oxygen atoms in total. The number of carbonyl (C=O) groups excluding carboxylic acids is 2. The minimum absolute atomic E-state index is 0.0126. The molecule has 0 aliphatic carbocycles. The molecule has 2 aliphatic rings. The van der Waals surface area contributed by atoms with Gasteiger partial charge in [-0.15, -0.1) is 0 Å². The fraction of sp³-hybridized carbons (Fsp3) is 0.500. The van der Waals surface area contributed by atoms with E-state index in [9.17, 15) is 14.9 Å². The molecule has 2 aromatic carbocycles. The number of piperidine rings is 1. The number of hydrogen-bond acceptors (Lipinski definition) is 5. The smallest absolute Gasteiger partial charge is 0.408 e. The van der Waals surface area contributed by atoms with Gasteiger partial charge in [0.1, 0.15) is 17.0 Å². The Kier molecular flexibility index (Phi) is 9.17. The number of nitrogens with zero attached hydrogens (tertiary/aromatic N) is 2. The Bertz CT molecular complexity index is 1350. The molecule has 0 spiro atoms. The predicted molar refractivity (Wildman–Crippen MR) is 153 cm³/mol. The highest BCUT2D eigenvalue weighted by Gasteiger charge is 2.61. The zero-order valence-corrected chi connectivity index (χ0v) is 25.0. The molecule has 11 heteroatoms. The number of benzene rings is 2. The van der Waals surface area contributed by atoms with E-state index in [2.05, 4.69) is 16.7 Å². The number of ether oxygens (including phenoxy) is 1. The molecule has 0 aromatic heterocycles. The second-order valence-electron chi connectivity index (χ2n) is 12.0. The fourth-order valence-corrected chi connectivity index (χ4v) is 6.37. The van der Waals surface area contributed by atoms with E-state index in [1.165, 1.54) is 37.3 Å². The van der Waals surface area contributed by atoms with Crippen molar-refractivity contribution in [2.45, 2.75) is 76.6 Å². The third-order valence-corrected chi connectivity index (χ3v) is 8.43. The third kappa shape index (κ3) is 6.45. The minimum atomic E-state index is -1.70. The predicted octanol–water partition coefficient (Wildman–Crippen LogP) is 6.29. The first-order valence-corrected chi connectivity index (χ1v) is 14.3. The summed E-state index contributed by atoms with van der Waals surface area (Å²) in [5.74, 6) is -2.70. The van der Waals surface area contributed by atoms with Gasteiger partial charge in [0.25, 0.3) is 0 Å². The molecule has 2 N–H and O–H groups in total. The molecule has 2 amide bonds.